The minimum atomic E-state index is -0.422. The Hall–Kier alpha value is -0.460. The Bertz CT molecular complexity index is 514. The van der Waals surface area contributed by atoms with Gasteiger partial charge in [-0.15, -0.1) is 24.2 Å². The summed E-state index contributed by atoms with van der Waals surface area (Å²) < 4.78 is 5.62. The lowest BCUT2D eigenvalue weighted by molar-refractivity contribution is -0.126. The van der Waals surface area contributed by atoms with Gasteiger partial charge in [0.15, 0.2) is 0 Å². The Labute approximate surface area is 146 Å². The molecule has 0 unspecified atom stereocenters. The van der Waals surface area contributed by atoms with E-state index >= 15 is 0 Å². The van der Waals surface area contributed by atoms with Crippen molar-refractivity contribution in [2.45, 2.75) is 49.0 Å². The van der Waals surface area contributed by atoms with Crippen molar-refractivity contribution in [3.63, 3.8) is 0 Å². The molecule has 1 fully saturated rings. The Kier molecular flexibility index (Phi) is 8.00. The van der Waals surface area contributed by atoms with Gasteiger partial charge in [0.25, 0.3) is 5.91 Å². The summed E-state index contributed by atoms with van der Waals surface area (Å²) in [6.07, 6.45) is 1.11. The molecule has 1 saturated heterocycles. The van der Waals surface area contributed by atoms with Crippen LogP contribution in [0, 0.1) is 0 Å². The van der Waals surface area contributed by atoms with E-state index in [0.29, 0.717) is 23.2 Å². The standard InChI is InChI=1S/C15H21ClN2O2S.ClH/c1-9(2)21-14-6-3-10(16)7-12(14)18-15(19)13-5-4-11(8-17)20-13;/h3,6-7,9,11,13H,4-5,8,17H2,1-2H3,(H,18,19);1H/t11-,13+;/m1./s1. The van der Waals surface area contributed by atoms with Crippen LogP contribution in [0.2, 0.25) is 5.02 Å². The molecule has 1 heterocycles. The molecule has 22 heavy (non-hydrogen) atoms. The van der Waals surface area contributed by atoms with Crippen LogP contribution in [0.3, 0.4) is 0 Å². The van der Waals surface area contributed by atoms with Gasteiger partial charge in [-0.05, 0) is 31.0 Å². The van der Waals surface area contributed by atoms with Crippen molar-refractivity contribution < 1.29 is 9.53 Å². The number of rotatable bonds is 5. The van der Waals surface area contributed by atoms with E-state index < -0.39 is 6.10 Å². The summed E-state index contributed by atoms with van der Waals surface area (Å²) >= 11 is 7.72. The van der Waals surface area contributed by atoms with Crippen LogP contribution in [-0.2, 0) is 9.53 Å². The number of amides is 1. The molecule has 4 nitrogen and oxygen atoms in total. The lowest BCUT2D eigenvalue weighted by Gasteiger charge is -2.16. The molecule has 0 spiro atoms. The Morgan fingerprint density at radius 2 is 2.23 bits per heavy atom. The number of nitrogens with two attached hydrogens (primary N) is 1. The smallest absolute Gasteiger partial charge is 0.253 e. The summed E-state index contributed by atoms with van der Waals surface area (Å²) in [5.74, 6) is -0.126. The van der Waals surface area contributed by atoms with Crippen molar-refractivity contribution in [1.82, 2.24) is 0 Å². The molecular formula is C15H22Cl2N2O2S. The van der Waals surface area contributed by atoms with Gasteiger partial charge in [0.2, 0.25) is 0 Å². The Morgan fingerprint density at radius 1 is 1.50 bits per heavy atom. The molecule has 1 aliphatic heterocycles. The van der Waals surface area contributed by atoms with Crippen LogP contribution >= 0.6 is 35.8 Å². The monoisotopic (exact) mass is 364 g/mol. The lowest BCUT2D eigenvalue weighted by atomic mass is 10.2. The second kappa shape index (κ2) is 8.99. The quantitative estimate of drug-likeness (QED) is 0.781. The van der Waals surface area contributed by atoms with Gasteiger partial charge in [-0.1, -0.05) is 25.4 Å². The number of hydrogen-bond donors (Lipinski definition) is 2. The zero-order valence-electron chi connectivity index (χ0n) is 12.7. The molecule has 3 N–H and O–H groups in total. The zero-order chi connectivity index (χ0) is 15.4. The van der Waals surface area contributed by atoms with E-state index in [2.05, 4.69) is 19.2 Å². The molecule has 1 amide bonds. The highest BCUT2D eigenvalue weighted by Gasteiger charge is 2.30. The fraction of sp³-hybridized carbons (Fsp3) is 0.533. The third kappa shape index (κ3) is 5.32. The van der Waals surface area contributed by atoms with E-state index in [1.165, 1.54) is 0 Å². The number of halogens is 2. The number of carbonyl (C=O) groups excluding carboxylic acids is 1. The minimum absolute atomic E-state index is 0. The summed E-state index contributed by atoms with van der Waals surface area (Å²) in [7, 11) is 0. The van der Waals surface area contributed by atoms with Gasteiger partial charge < -0.3 is 15.8 Å². The number of benzene rings is 1. The van der Waals surface area contributed by atoms with Crippen LogP contribution in [0.25, 0.3) is 0 Å². The SMILES string of the molecule is CC(C)Sc1ccc(Cl)cc1NC(=O)[C@@H]1CC[C@H](CN)O1.Cl. The second-order valence-corrected chi connectivity index (χ2v) is 7.41. The van der Waals surface area contributed by atoms with E-state index in [-0.39, 0.29) is 24.4 Å². The lowest BCUT2D eigenvalue weighted by Crippen LogP contribution is -2.30. The van der Waals surface area contributed by atoms with E-state index in [1.807, 2.05) is 12.1 Å². The maximum Gasteiger partial charge on any atom is 0.253 e. The van der Waals surface area contributed by atoms with E-state index in [4.69, 9.17) is 22.1 Å². The van der Waals surface area contributed by atoms with Crippen molar-refractivity contribution in [1.29, 1.82) is 0 Å². The number of ether oxygens (including phenoxy) is 1. The maximum atomic E-state index is 12.3. The molecule has 0 saturated carbocycles. The van der Waals surface area contributed by atoms with Crippen molar-refractivity contribution in [2.24, 2.45) is 5.73 Å². The summed E-state index contributed by atoms with van der Waals surface area (Å²) in [6.45, 7) is 4.67. The number of thioether (sulfide) groups is 1. The van der Waals surface area contributed by atoms with Crippen molar-refractivity contribution in [2.75, 3.05) is 11.9 Å². The van der Waals surface area contributed by atoms with Crippen LogP contribution in [0.15, 0.2) is 23.1 Å². The highest BCUT2D eigenvalue weighted by Crippen LogP contribution is 2.33. The molecule has 0 bridgehead atoms. The Morgan fingerprint density at radius 3 is 2.82 bits per heavy atom. The van der Waals surface area contributed by atoms with Gasteiger partial charge in [0, 0.05) is 21.7 Å². The van der Waals surface area contributed by atoms with Gasteiger partial charge in [-0.3, -0.25) is 4.79 Å². The molecule has 2 rings (SSSR count). The van der Waals surface area contributed by atoms with Crippen LogP contribution < -0.4 is 11.1 Å². The summed E-state index contributed by atoms with van der Waals surface area (Å²) in [5, 5.41) is 3.96. The van der Waals surface area contributed by atoms with Crippen molar-refractivity contribution in [3.8, 4) is 0 Å². The van der Waals surface area contributed by atoms with Crippen LogP contribution in [0.4, 0.5) is 5.69 Å². The van der Waals surface area contributed by atoms with Crippen LogP contribution in [0.5, 0.6) is 0 Å². The normalized spacial score (nSPS) is 20.8. The molecule has 0 radical (unpaired) electrons. The van der Waals surface area contributed by atoms with E-state index in [0.717, 1.165) is 17.0 Å². The first-order valence-electron chi connectivity index (χ1n) is 7.12. The van der Waals surface area contributed by atoms with E-state index in [9.17, 15) is 4.79 Å². The number of carbonyl (C=O) groups is 1. The second-order valence-electron chi connectivity index (χ2n) is 5.36. The highest BCUT2D eigenvalue weighted by atomic mass is 35.5. The van der Waals surface area contributed by atoms with E-state index in [1.54, 1.807) is 17.8 Å². The first-order valence-corrected chi connectivity index (χ1v) is 8.38. The average Bonchev–Trinajstić information content (AvgIpc) is 2.90. The zero-order valence-corrected chi connectivity index (χ0v) is 15.1. The minimum Gasteiger partial charge on any atom is -0.364 e. The highest BCUT2D eigenvalue weighted by molar-refractivity contribution is 8.00. The first-order chi connectivity index (χ1) is 9.99. The summed E-state index contributed by atoms with van der Waals surface area (Å²) in [5.41, 5.74) is 6.31. The molecule has 1 aromatic carbocycles. The van der Waals surface area contributed by atoms with Gasteiger partial charge >= 0.3 is 0 Å². The van der Waals surface area contributed by atoms with Crippen LogP contribution in [-0.4, -0.2) is 29.9 Å². The molecule has 1 aliphatic rings. The Balaban J connectivity index is 0.00000242. The summed E-state index contributed by atoms with van der Waals surface area (Å²) in [4.78, 5) is 13.3. The molecule has 0 aliphatic carbocycles. The topological polar surface area (TPSA) is 64.4 Å². The molecule has 7 heteroatoms. The predicted octanol–water partition coefficient (Wildman–Crippen LogP) is 3.71. The molecule has 1 aromatic rings. The van der Waals surface area contributed by atoms with Gasteiger partial charge in [-0.2, -0.15) is 0 Å². The fourth-order valence-corrected chi connectivity index (χ4v) is 3.31. The molecule has 2 atom stereocenters. The maximum absolute atomic E-state index is 12.3. The largest absolute Gasteiger partial charge is 0.364 e. The average molecular weight is 365 g/mol. The molecular weight excluding hydrogens is 343 g/mol. The third-order valence-electron chi connectivity index (χ3n) is 3.23. The first kappa shape index (κ1) is 19.6. The van der Waals surface area contributed by atoms with Crippen molar-refractivity contribution >= 4 is 47.4 Å². The number of anilines is 1. The van der Waals surface area contributed by atoms with Gasteiger partial charge in [0.05, 0.1) is 11.8 Å². The molecule has 0 aromatic heterocycles. The number of nitrogens with one attached hydrogen (secondary N) is 1. The number of hydrogen-bond acceptors (Lipinski definition) is 4. The third-order valence-corrected chi connectivity index (χ3v) is 4.54. The van der Waals surface area contributed by atoms with Gasteiger partial charge in [-0.25, -0.2) is 0 Å². The van der Waals surface area contributed by atoms with Gasteiger partial charge in [0.1, 0.15) is 6.10 Å². The predicted molar refractivity (Wildman–Crippen MR) is 95.3 cm³/mol. The summed E-state index contributed by atoms with van der Waals surface area (Å²) in [6, 6.07) is 5.54. The fourth-order valence-electron chi connectivity index (χ4n) is 2.24. The van der Waals surface area contributed by atoms with Crippen LogP contribution in [0.1, 0.15) is 26.7 Å². The molecule has 124 valence electrons. The van der Waals surface area contributed by atoms with Crippen molar-refractivity contribution in [3.05, 3.63) is 23.2 Å².